The van der Waals surface area contributed by atoms with E-state index in [4.69, 9.17) is 15.6 Å². The molecule has 0 unspecified atom stereocenters. The lowest BCUT2D eigenvalue weighted by atomic mass is 10.0. The van der Waals surface area contributed by atoms with Crippen molar-refractivity contribution in [3.05, 3.63) is 35.9 Å². The fourth-order valence-electron chi connectivity index (χ4n) is 2.25. The van der Waals surface area contributed by atoms with Gasteiger partial charge in [-0.2, -0.15) is 0 Å². The van der Waals surface area contributed by atoms with Crippen molar-refractivity contribution in [1.82, 2.24) is 10.2 Å². The molecule has 1 heterocycles. The van der Waals surface area contributed by atoms with Gasteiger partial charge in [-0.05, 0) is 12.0 Å². The summed E-state index contributed by atoms with van der Waals surface area (Å²) in [6.07, 6.45) is -1.05. The third-order valence-electron chi connectivity index (χ3n) is 3.44. The van der Waals surface area contributed by atoms with Crippen molar-refractivity contribution in [3.63, 3.8) is 0 Å². The number of likely N-dealkylation sites (tertiary alicyclic amines) is 1. The number of nitrogens with one attached hydrogen (secondary N) is 1. The number of nitrogens with zero attached hydrogens (tertiary/aromatic N) is 1. The molecule has 2 atom stereocenters. The molecule has 1 aliphatic rings. The number of carboxylic acid groups (broad SMARTS) is 1. The van der Waals surface area contributed by atoms with Crippen LogP contribution in [0.25, 0.3) is 0 Å². The van der Waals surface area contributed by atoms with Crippen molar-refractivity contribution in [2.45, 2.75) is 25.1 Å². The highest BCUT2D eigenvalue weighted by Crippen LogP contribution is 2.10. The zero-order chi connectivity index (χ0) is 15.2. The third-order valence-corrected chi connectivity index (χ3v) is 3.44. The molecule has 2 amide bonds. The van der Waals surface area contributed by atoms with Gasteiger partial charge < -0.3 is 25.8 Å². The molecule has 1 fully saturated rings. The minimum Gasteiger partial charge on any atom is -0.465 e. The van der Waals surface area contributed by atoms with E-state index < -0.39 is 18.2 Å². The normalized spacial score (nSPS) is 21.7. The van der Waals surface area contributed by atoms with Crippen LogP contribution in [0.4, 0.5) is 9.59 Å². The molecule has 1 aromatic carbocycles. The lowest BCUT2D eigenvalue weighted by molar-refractivity contribution is 0.111. The maximum Gasteiger partial charge on any atom is 0.407 e. The first kappa shape index (κ1) is 15.1. The van der Waals surface area contributed by atoms with E-state index in [1.54, 1.807) is 0 Å². The number of ether oxygens (including phenoxy) is 1. The lowest BCUT2D eigenvalue weighted by Gasteiger charge is -2.35. The van der Waals surface area contributed by atoms with E-state index in [1.807, 2.05) is 30.3 Å². The second-order valence-electron chi connectivity index (χ2n) is 4.99. The Morgan fingerprint density at radius 1 is 1.38 bits per heavy atom. The van der Waals surface area contributed by atoms with E-state index in [2.05, 4.69) is 5.32 Å². The molecule has 1 aromatic rings. The number of carbonyl (C=O) groups is 2. The van der Waals surface area contributed by atoms with Gasteiger partial charge in [-0.15, -0.1) is 0 Å². The predicted molar refractivity (Wildman–Crippen MR) is 75.7 cm³/mol. The number of amides is 2. The van der Waals surface area contributed by atoms with Gasteiger partial charge in [0.05, 0.1) is 6.04 Å². The van der Waals surface area contributed by atoms with Gasteiger partial charge in [0.25, 0.3) is 0 Å². The summed E-state index contributed by atoms with van der Waals surface area (Å²) in [6, 6.07) is 8.65. The molecule has 0 bridgehead atoms. The number of hydrogen-bond acceptors (Lipinski definition) is 4. The first-order valence-electron chi connectivity index (χ1n) is 6.77. The summed E-state index contributed by atoms with van der Waals surface area (Å²) in [6.45, 7) is 0.752. The molecule has 0 spiro atoms. The molecule has 1 aliphatic heterocycles. The molecule has 21 heavy (non-hydrogen) atoms. The summed E-state index contributed by atoms with van der Waals surface area (Å²) in [7, 11) is 0. The van der Waals surface area contributed by atoms with Crippen molar-refractivity contribution in [1.29, 1.82) is 0 Å². The first-order chi connectivity index (χ1) is 10.1. The van der Waals surface area contributed by atoms with Gasteiger partial charge in [0.15, 0.2) is 0 Å². The van der Waals surface area contributed by atoms with E-state index in [9.17, 15) is 9.59 Å². The first-order valence-corrected chi connectivity index (χ1v) is 6.77. The molecule has 0 saturated carbocycles. The Morgan fingerprint density at radius 3 is 2.71 bits per heavy atom. The minimum atomic E-state index is -0.990. The standard InChI is InChI=1S/C14H19N3O4/c15-11-8-17(14(19)20)7-6-12(11)16-13(18)21-9-10-4-2-1-3-5-10/h1-5,11-12H,6-9,15H2,(H,16,18)(H,19,20)/t11-,12+/m0/s1. The molecule has 1 saturated heterocycles. The number of nitrogens with two attached hydrogens (primary N) is 1. The number of benzene rings is 1. The highest BCUT2D eigenvalue weighted by Gasteiger charge is 2.30. The van der Waals surface area contributed by atoms with Crippen LogP contribution in [-0.2, 0) is 11.3 Å². The van der Waals surface area contributed by atoms with Crippen molar-refractivity contribution in [2.75, 3.05) is 13.1 Å². The Hall–Kier alpha value is -2.28. The van der Waals surface area contributed by atoms with Crippen LogP contribution in [0.2, 0.25) is 0 Å². The van der Waals surface area contributed by atoms with Gasteiger partial charge in [0.2, 0.25) is 0 Å². The molecule has 7 heteroatoms. The second-order valence-corrected chi connectivity index (χ2v) is 4.99. The maximum absolute atomic E-state index is 11.7. The molecule has 0 aliphatic carbocycles. The van der Waals surface area contributed by atoms with Crippen molar-refractivity contribution in [2.24, 2.45) is 5.73 Å². The summed E-state index contributed by atoms with van der Waals surface area (Å²) in [5.41, 5.74) is 6.79. The summed E-state index contributed by atoms with van der Waals surface area (Å²) in [5.74, 6) is 0. The van der Waals surface area contributed by atoms with Crippen LogP contribution >= 0.6 is 0 Å². The number of hydrogen-bond donors (Lipinski definition) is 3. The zero-order valence-electron chi connectivity index (χ0n) is 11.6. The summed E-state index contributed by atoms with van der Waals surface area (Å²) in [5, 5.41) is 11.6. The molecule has 114 valence electrons. The van der Waals surface area contributed by atoms with E-state index in [0.29, 0.717) is 13.0 Å². The van der Waals surface area contributed by atoms with Crippen LogP contribution in [0.1, 0.15) is 12.0 Å². The van der Waals surface area contributed by atoms with Gasteiger partial charge in [0.1, 0.15) is 6.61 Å². The summed E-state index contributed by atoms with van der Waals surface area (Å²) in [4.78, 5) is 23.8. The van der Waals surface area contributed by atoms with Gasteiger partial charge in [-0.1, -0.05) is 30.3 Å². The Bertz CT molecular complexity index is 494. The molecular formula is C14H19N3O4. The van der Waals surface area contributed by atoms with Crippen molar-refractivity contribution in [3.8, 4) is 0 Å². The van der Waals surface area contributed by atoms with Crippen LogP contribution in [0.3, 0.4) is 0 Å². The smallest absolute Gasteiger partial charge is 0.407 e. The highest BCUT2D eigenvalue weighted by atomic mass is 16.5. The van der Waals surface area contributed by atoms with Gasteiger partial charge in [-0.3, -0.25) is 0 Å². The van der Waals surface area contributed by atoms with Gasteiger partial charge in [-0.25, -0.2) is 9.59 Å². The molecule has 4 N–H and O–H groups in total. The Balaban J connectivity index is 1.77. The highest BCUT2D eigenvalue weighted by molar-refractivity contribution is 5.68. The van der Waals surface area contributed by atoms with E-state index in [0.717, 1.165) is 5.56 Å². The van der Waals surface area contributed by atoms with Crippen molar-refractivity contribution >= 4 is 12.2 Å². The van der Waals surface area contributed by atoms with Crippen LogP contribution in [0.15, 0.2) is 30.3 Å². The Labute approximate surface area is 122 Å². The topological polar surface area (TPSA) is 105 Å². The second kappa shape index (κ2) is 6.94. The van der Waals surface area contributed by atoms with Crippen LogP contribution in [0, 0.1) is 0 Å². The zero-order valence-corrected chi connectivity index (χ0v) is 11.6. The summed E-state index contributed by atoms with van der Waals surface area (Å²) < 4.78 is 5.12. The summed E-state index contributed by atoms with van der Waals surface area (Å²) >= 11 is 0. The van der Waals surface area contributed by atoms with Gasteiger partial charge in [0, 0.05) is 19.1 Å². The monoisotopic (exact) mass is 293 g/mol. The fourth-order valence-corrected chi connectivity index (χ4v) is 2.25. The molecule has 0 radical (unpaired) electrons. The number of rotatable bonds is 3. The Kier molecular flexibility index (Phi) is 4.99. The Morgan fingerprint density at radius 2 is 2.10 bits per heavy atom. The van der Waals surface area contributed by atoms with Crippen LogP contribution in [0.5, 0.6) is 0 Å². The molecule has 7 nitrogen and oxygen atoms in total. The third kappa shape index (κ3) is 4.35. The van der Waals surface area contributed by atoms with Crippen LogP contribution in [-0.4, -0.2) is 47.4 Å². The number of alkyl carbamates (subject to hydrolysis) is 1. The van der Waals surface area contributed by atoms with Crippen molar-refractivity contribution < 1.29 is 19.4 Å². The average molecular weight is 293 g/mol. The number of piperidine rings is 1. The quantitative estimate of drug-likeness (QED) is 0.771. The lowest BCUT2D eigenvalue weighted by Crippen LogP contribution is -2.58. The maximum atomic E-state index is 11.7. The fraction of sp³-hybridized carbons (Fsp3) is 0.429. The molecule has 0 aromatic heterocycles. The van der Waals surface area contributed by atoms with E-state index in [1.165, 1.54) is 4.90 Å². The predicted octanol–water partition coefficient (Wildman–Crippen LogP) is 0.992. The molecular weight excluding hydrogens is 274 g/mol. The SMILES string of the molecule is N[C@H]1CN(C(=O)O)CC[C@H]1NC(=O)OCc1ccccc1. The van der Waals surface area contributed by atoms with E-state index >= 15 is 0 Å². The van der Waals surface area contributed by atoms with Gasteiger partial charge >= 0.3 is 12.2 Å². The number of carbonyl (C=O) groups excluding carboxylic acids is 1. The minimum absolute atomic E-state index is 0.190. The van der Waals surface area contributed by atoms with Crippen LogP contribution < -0.4 is 11.1 Å². The largest absolute Gasteiger partial charge is 0.465 e. The average Bonchev–Trinajstić information content (AvgIpc) is 2.48. The molecule has 2 rings (SSSR count). The van der Waals surface area contributed by atoms with E-state index in [-0.39, 0.29) is 19.2 Å².